The van der Waals surface area contributed by atoms with Crippen LogP contribution < -0.4 is 15.8 Å². The first-order chi connectivity index (χ1) is 14.7. The summed E-state index contributed by atoms with van der Waals surface area (Å²) in [6.07, 6.45) is 1.02. The fourth-order valence-corrected chi connectivity index (χ4v) is 3.79. The van der Waals surface area contributed by atoms with E-state index in [4.69, 9.17) is 10.5 Å². The molecule has 2 aromatic heterocycles. The molecule has 0 fully saturated rings. The first-order valence-electron chi connectivity index (χ1n) is 10.1. The summed E-state index contributed by atoms with van der Waals surface area (Å²) < 4.78 is 20.1. The minimum absolute atomic E-state index is 0.0182. The van der Waals surface area contributed by atoms with E-state index >= 15 is 0 Å². The van der Waals surface area contributed by atoms with Gasteiger partial charge in [0, 0.05) is 23.4 Å². The maximum atomic E-state index is 14.6. The quantitative estimate of drug-likeness (QED) is 0.482. The van der Waals surface area contributed by atoms with E-state index in [-0.39, 0.29) is 18.4 Å². The van der Waals surface area contributed by atoms with Gasteiger partial charge in [-0.1, -0.05) is 11.3 Å². The molecular formula is C22H28FN5O2S. The second kappa shape index (κ2) is 9.67. The summed E-state index contributed by atoms with van der Waals surface area (Å²) in [5.41, 5.74) is 9.08. The Labute approximate surface area is 185 Å². The molecule has 0 saturated carbocycles. The molecule has 7 nitrogen and oxygen atoms in total. The molecule has 3 rings (SSSR count). The van der Waals surface area contributed by atoms with Gasteiger partial charge in [0.25, 0.3) is 0 Å². The van der Waals surface area contributed by atoms with Gasteiger partial charge in [0.1, 0.15) is 22.4 Å². The molecule has 0 saturated heterocycles. The van der Waals surface area contributed by atoms with Crippen molar-refractivity contribution >= 4 is 17.2 Å². The Morgan fingerprint density at radius 2 is 1.84 bits per heavy atom. The van der Waals surface area contributed by atoms with Gasteiger partial charge in [0.2, 0.25) is 0 Å². The molecule has 4 N–H and O–H groups in total. The van der Waals surface area contributed by atoms with Crippen molar-refractivity contribution in [3.8, 4) is 26.9 Å². The van der Waals surface area contributed by atoms with Crippen LogP contribution in [0.15, 0.2) is 24.4 Å². The summed E-state index contributed by atoms with van der Waals surface area (Å²) in [5.74, 6) is 0.416. The van der Waals surface area contributed by atoms with E-state index in [1.54, 1.807) is 19.2 Å². The van der Waals surface area contributed by atoms with Gasteiger partial charge in [-0.3, -0.25) is 0 Å². The van der Waals surface area contributed by atoms with Crippen molar-refractivity contribution in [1.82, 2.24) is 15.2 Å². The summed E-state index contributed by atoms with van der Waals surface area (Å²) in [6.45, 7) is 9.55. The highest BCUT2D eigenvalue weighted by atomic mass is 32.1. The third-order valence-electron chi connectivity index (χ3n) is 4.74. The number of anilines is 1. The molecule has 0 amide bonds. The van der Waals surface area contributed by atoms with Crippen LogP contribution in [0.2, 0.25) is 0 Å². The summed E-state index contributed by atoms with van der Waals surface area (Å²) in [4.78, 5) is 4.49. The van der Waals surface area contributed by atoms with E-state index < -0.39 is 18.0 Å². The molecule has 0 spiro atoms. The highest BCUT2D eigenvalue weighted by Gasteiger charge is 2.17. The van der Waals surface area contributed by atoms with Gasteiger partial charge in [0.15, 0.2) is 11.6 Å². The molecular weight excluding hydrogens is 417 g/mol. The lowest BCUT2D eigenvalue weighted by atomic mass is 10.1. The number of nitrogens with two attached hydrogens (primary N) is 1. The number of nitrogens with zero attached hydrogens (tertiary/aromatic N) is 3. The smallest absolute Gasteiger partial charge is 0.165 e. The molecule has 2 atom stereocenters. The van der Waals surface area contributed by atoms with E-state index in [9.17, 15) is 9.50 Å². The van der Waals surface area contributed by atoms with Gasteiger partial charge in [-0.2, -0.15) is 0 Å². The Bertz CT molecular complexity index is 1050. The molecule has 0 aliphatic carbocycles. The molecule has 1 aromatic carbocycles. The third kappa shape index (κ3) is 5.55. The number of hydrogen-bond acceptors (Lipinski definition) is 8. The number of hydrogen-bond donors (Lipinski definition) is 3. The van der Waals surface area contributed by atoms with Crippen LogP contribution in [0, 0.1) is 19.7 Å². The number of aliphatic hydroxyl groups excluding tert-OH is 1. The number of benzene rings is 1. The summed E-state index contributed by atoms with van der Waals surface area (Å²) in [7, 11) is 0. The van der Waals surface area contributed by atoms with Crippen molar-refractivity contribution in [2.24, 2.45) is 5.73 Å². The van der Waals surface area contributed by atoms with Crippen molar-refractivity contribution in [2.75, 3.05) is 11.9 Å². The monoisotopic (exact) mass is 445 g/mol. The topological polar surface area (TPSA) is 106 Å². The highest BCUT2D eigenvalue weighted by Crippen LogP contribution is 2.35. The largest absolute Gasteiger partial charge is 0.489 e. The van der Waals surface area contributed by atoms with Crippen LogP contribution in [-0.2, 0) is 0 Å². The fourth-order valence-electron chi connectivity index (χ4n) is 2.89. The average molecular weight is 446 g/mol. The van der Waals surface area contributed by atoms with E-state index in [2.05, 4.69) is 34.3 Å². The first kappa shape index (κ1) is 23.1. The lowest BCUT2D eigenvalue weighted by molar-refractivity contribution is 0.129. The van der Waals surface area contributed by atoms with E-state index in [0.717, 1.165) is 22.5 Å². The maximum absolute atomic E-state index is 14.6. The van der Waals surface area contributed by atoms with Crippen molar-refractivity contribution in [3.05, 3.63) is 41.3 Å². The highest BCUT2D eigenvalue weighted by molar-refractivity contribution is 7.17. The standard InChI is InChI=1S/C22H28FN5O2S/c1-11(2)26-20-13(4)6-15(9-25-20)21-27-28-22(31-21)16-8-17(23)19(7-12(16)3)30-10-18(24)14(5)29/h6-9,11,14,18,29H,10,24H2,1-5H3,(H,25,26)/t14-,18+/m1/s1. The Morgan fingerprint density at radius 1 is 1.13 bits per heavy atom. The van der Waals surface area contributed by atoms with Crippen LogP contribution in [0.5, 0.6) is 5.75 Å². The zero-order valence-corrected chi connectivity index (χ0v) is 19.1. The zero-order chi connectivity index (χ0) is 22.7. The van der Waals surface area contributed by atoms with Crippen LogP contribution in [0.1, 0.15) is 31.9 Å². The molecule has 0 aliphatic rings. The maximum Gasteiger partial charge on any atom is 0.165 e. The molecule has 9 heteroatoms. The molecule has 166 valence electrons. The number of aromatic nitrogens is 3. The number of rotatable bonds is 8. The lowest BCUT2D eigenvalue weighted by Gasteiger charge is -2.16. The van der Waals surface area contributed by atoms with E-state index in [0.29, 0.717) is 15.6 Å². The number of ether oxygens (including phenoxy) is 1. The van der Waals surface area contributed by atoms with Gasteiger partial charge < -0.3 is 20.9 Å². The average Bonchev–Trinajstić information content (AvgIpc) is 3.19. The normalized spacial score (nSPS) is 13.3. The number of aliphatic hydroxyl groups is 1. The summed E-state index contributed by atoms with van der Waals surface area (Å²) >= 11 is 1.38. The Balaban J connectivity index is 1.82. The molecule has 0 unspecified atom stereocenters. The third-order valence-corrected chi connectivity index (χ3v) is 5.74. The zero-order valence-electron chi connectivity index (χ0n) is 18.3. The number of nitrogens with one attached hydrogen (secondary N) is 1. The predicted octanol–water partition coefficient (Wildman–Crippen LogP) is 3.93. The minimum atomic E-state index is -0.739. The van der Waals surface area contributed by atoms with Crippen molar-refractivity contribution in [3.63, 3.8) is 0 Å². The number of halogens is 1. The number of aryl methyl sites for hydroxylation is 2. The minimum Gasteiger partial charge on any atom is -0.489 e. The van der Waals surface area contributed by atoms with Crippen LogP contribution >= 0.6 is 11.3 Å². The van der Waals surface area contributed by atoms with E-state index in [1.165, 1.54) is 17.4 Å². The first-order valence-corrected chi connectivity index (χ1v) is 10.9. The van der Waals surface area contributed by atoms with Gasteiger partial charge >= 0.3 is 0 Å². The predicted molar refractivity (Wildman–Crippen MR) is 122 cm³/mol. The fraction of sp³-hybridized carbons (Fsp3) is 0.409. The van der Waals surface area contributed by atoms with E-state index in [1.807, 2.05) is 19.9 Å². The molecule has 0 bridgehead atoms. The molecule has 0 radical (unpaired) electrons. The molecule has 3 aromatic rings. The second-order valence-electron chi connectivity index (χ2n) is 7.91. The Hall–Kier alpha value is -2.62. The molecule has 31 heavy (non-hydrogen) atoms. The van der Waals surface area contributed by atoms with Crippen LogP contribution in [0.25, 0.3) is 21.1 Å². The Morgan fingerprint density at radius 3 is 2.48 bits per heavy atom. The molecule has 2 heterocycles. The van der Waals surface area contributed by atoms with Crippen molar-refractivity contribution in [2.45, 2.75) is 52.8 Å². The van der Waals surface area contributed by atoms with Crippen LogP contribution in [0.3, 0.4) is 0 Å². The summed E-state index contributed by atoms with van der Waals surface area (Å²) in [5, 5.41) is 22.6. The van der Waals surface area contributed by atoms with Crippen LogP contribution in [-0.4, -0.2) is 45.1 Å². The van der Waals surface area contributed by atoms with Crippen molar-refractivity contribution in [1.29, 1.82) is 0 Å². The van der Waals surface area contributed by atoms with Gasteiger partial charge in [0.05, 0.1) is 12.1 Å². The Kier molecular flexibility index (Phi) is 7.19. The SMILES string of the molecule is Cc1cc(OC[C@H](N)[C@@H](C)O)c(F)cc1-c1nnc(-c2cnc(NC(C)C)c(C)c2)s1. The number of pyridine rings is 1. The van der Waals surface area contributed by atoms with Crippen LogP contribution in [0.4, 0.5) is 10.2 Å². The van der Waals surface area contributed by atoms with Gasteiger partial charge in [-0.15, -0.1) is 10.2 Å². The van der Waals surface area contributed by atoms with Crippen molar-refractivity contribution < 1.29 is 14.2 Å². The lowest BCUT2D eigenvalue weighted by Crippen LogP contribution is -2.38. The van der Waals surface area contributed by atoms with Gasteiger partial charge in [-0.25, -0.2) is 9.37 Å². The van der Waals surface area contributed by atoms with Gasteiger partial charge in [-0.05, 0) is 63.9 Å². The second-order valence-corrected chi connectivity index (χ2v) is 8.89. The molecule has 0 aliphatic heterocycles. The summed E-state index contributed by atoms with van der Waals surface area (Å²) in [6, 6.07) is 4.71.